The molecule has 1 atom stereocenters. The van der Waals surface area contributed by atoms with Gasteiger partial charge in [0.05, 0.1) is 11.6 Å². The van der Waals surface area contributed by atoms with E-state index in [1.165, 1.54) is 0 Å². The van der Waals surface area contributed by atoms with Gasteiger partial charge in [0.1, 0.15) is 0 Å². The Hall–Kier alpha value is -1.34. The van der Waals surface area contributed by atoms with Gasteiger partial charge in [-0.1, -0.05) is 6.07 Å². The maximum atomic E-state index is 9.32. The molecule has 4 heteroatoms. The monoisotopic (exact) mass is 233 g/mol. The molecular formula is C12H15N3S. The molecule has 0 fully saturated rings. The fourth-order valence-electron chi connectivity index (χ4n) is 2.15. The molecular weight excluding hydrogens is 218 g/mol. The maximum absolute atomic E-state index is 9.32. The van der Waals surface area contributed by atoms with Crippen LogP contribution in [0.5, 0.6) is 0 Å². The van der Waals surface area contributed by atoms with Gasteiger partial charge >= 0.3 is 0 Å². The third-order valence-electron chi connectivity index (χ3n) is 2.77. The lowest BCUT2D eigenvalue weighted by atomic mass is 9.97. The van der Waals surface area contributed by atoms with Gasteiger partial charge in [-0.15, -0.1) is 11.3 Å². The van der Waals surface area contributed by atoms with E-state index in [4.69, 9.17) is 0 Å². The van der Waals surface area contributed by atoms with E-state index in [1.54, 1.807) is 11.3 Å². The maximum Gasteiger partial charge on any atom is 0.168 e. The van der Waals surface area contributed by atoms with E-state index in [0.717, 1.165) is 17.0 Å². The summed E-state index contributed by atoms with van der Waals surface area (Å²) in [5, 5.41) is 17.8. The van der Waals surface area contributed by atoms with E-state index in [2.05, 4.69) is 25.0 Å². The molecule has 0 unspecified atom stereocenters. The molecule has 0 saturated heterocycles. The Kier molecular flexibility index (Phi) is 2.73. The van der Waals surface area contributed by atoms with Crippen LogP contribution in [0.4, 0.5) is 0 Å². The Morgan fingerprint density at radius 3 is 2.81 bits per heavy atom. The Morgan fingerprint density at radius 1 is 1.62 bits per heavy atom. The van der Waals surface area contributed by atoms with E-state index in [0.29, 0.717) is 0 Å². The van der Waals surface area contributed by atoms with Gasteiger partial charge in [-0.2, -0.15) is 10.4 Å². The van der Waals surface area contributed by atoms with Crippen LogP contribution < -0.4 is 0 Å². The average molecular weight is 233 g/mol. The van der Waals surface area contributed by atoms with E-state index in [1.807, 2.05) is 29.4 Å². The van der Waals surface area contributed by atoms with Crippen LogP contribution in [-0.4, -0.2) is 16.3 Å². The first-order valence-electron chi connectivity index (χ1n) is 5.31. The molecule has 3 nitrogen and oxygen atoms in total. The molecule has 1 aromatic heterocycles. The van der Waals surface area contributed by atoms with Crippen molar-refractivity contribution in [3.05, 3.63) is 22.4 Å². The van der Waals surface area contributed by atoms with Crippen LogP contribution in [0.2, 0.25) is 0 Å². The van der Waals surface area contributed by atoms with Crippen LogP contribution in [0.15, 0.2) is 22.6 Å². The lowest BCUT2D eigenvalue weighted by molar-refractivity contribution is 0.124. The smallest absolute Gasteiger partial charge is 0.168 e. The molecule has 1 aliphatic heterocycles. The lowest BCUT2D eigenvalue weighted by Gasteiger charge is -2.33. The quantitative estimate of drug-likeness (QED) is 0.787. The summed E-state index contributed by atoms with van der Waals surface area (Å²) >= 11 is 1.61. The van der Waals surface area contributed by atoms with Gasteiger partial charge < -0.3 is 0 Å². The van der Waals surface area contributed by atoms with E-state index in [-0.39, 0.29) is 11.6 Å². The number of rotatable bonds is 2. The molecule has 84 valence electrons. The highest BCUT2D eigenvalue weighted by Gasteiger charge is 2.38. The Bertz CT molecular complexity index is 439. The number of hydrogen-bond acceptors (Lipinski definition) is 4. The summed E-state index contributed by atoms with van der Waals surface area (Å²) in [6, 6.07) is 6.07. The molecule has 2 heterocycles. The van der Waals surface area contributed by atoms with E-state index in [9.17, 15) is 5.26 Å². The molecule has 1 aromatic rings. The number of hydrogen-bond donors (Lipinski definition) is 0. The number of thiophene rings is 1. The Morgan fingerprint density at radius 2 is 2.38 bits per heavy atom. The number of hydrazone groups is 1. The highest BCUT2D eigenvalue weighted by Crippen LogP contribution is 2.36. The molecule has 0 N–H and O–H groups in total. The lowest BCUT2D eigenvalue weighted by Crippen LogP contribution is -2.38. The Labute approximate surface area is 100 Å². The van der Waals surface area contributed by atoms with Gasteiger partial charge in [-0.25, -0.2) is 0 Å². The van der Waals surface area contributed by atoms with Crippen LogP contribution in [0.25, 0.3) is 0 Å². The second-order valence-electron chi connectivity index (χ2n) is 4.72. The van der Waals surface area contributed by atoms with Crippen molar-refractivity contribution < 1.29 is 0 Å². The summed E-state index contributed by atoms with van der Waals surface area (Å²) in [5.41, 5.74) is 1.04. The summed E-state index contributed by atoms with van der Waals surface area (Å²) < 4.78 is 0. The second-order valence-corrected chi connectivity index (χ2v) is 5.70. The molecule has 0 saturated carbocycles. The third-order valence-corrected chi connectivity index (χ3v) is 3.69. The topological polar surface area (TPSA) is 39.4 Å². The van der Waals surface area contributed by atoms with Crippen molar-refractivity contribution in [2.75, 3.05) is 0 Å². The zero-order valence-corrected chi connectivity index (χ0v) is 10.6. The van der Waals surface area contributed by atoms with Crippen LogP contribution in [0.1, 0.15) is 38.1 Å². The van der Waals surface area contributed by atoms with Gasteiger partial charge in [0.25, 0.3) is 0 Å². The highest BCUT2D eigenvalue weighted by atomic mass is 32.1. The van der Waals surface area contributed by atoms with Crippen molar-refractivity contribution in [3.63, 3.8) is 0 Å². The van der Waals surface area contributed by atoms with Crippen molar-refractivity contribution in [2.45, 2.75) is 38.8 Å². The van der Waals surface area contributed by atoms with Crippen LogP contribution in [-0.2, 0) is 0 Å². The van der Waals surface area contributed by atoms with Gasteiger partial charge in [-0.05, 0) is 32.2 Å². The fourth-order valence-corrected chi connectivity index (χ4v) is 2.91. The molecule has 2 rings (SSSR count). The first-order chi connectivity index (χ1) is 7.54. The average Bonchev–Trinajstić information content (AvgIpc) is 2.77. The van der Waals surface area contributed by atoms with E-state index >= 15 is 0 Å². The van der Waals surface area contributed by atoms with Crippen LogP contribution in [0, 0.1) is 11.3 Å². The molecule has 16 heavy (non-hydrogen) atoms. The summed E-state index contributed by atoms with van der Waals surface area (Å²) in [4.78, 5) is 1.06. The molecule has 0 aromatic carbocycles. The SMILES string of the molecule is CC1=NN([C@H](C#N)c2cccs2)C(C)(C)C1. The normalized spacial score (nSPS) is 20.4. The van der Waals surface area contributed by atoms with Crippen molar-refractivity contribution in [1.82, 2.24) is 5.01 Å². The van der Waals surface area contributed by atoms with Crippen molar-refractivity contribution in [1.29, 1.82) is 5.26 Å². The minimum atomic E-state index is -0.257. The molecule has 0 aliphatic carbocycles. The van der Waals surface area contributed by atoms with Gasteiger partial charge in [0.2, 0.25) is 0 Å². The molecule has 0 radical (unpaired) electrons. The Balaban J connectivity index is 2.33. The standard InChI is InChI=1S/C12H15N3S/c1-9-7-12(2,3)15(14-9)10(8-13)11-5-4-6-16-11/h4-6,10H,7H2,1-3H3/t10-/m1/s1. The largest absolute Gasteiger partial charge is 0.269 e. The number of nitriles is 1. The number of nitrogens with zero attached hydrogens (tertiary/aromatic N) is 3. The minimum absolute atomic E-state index is 0.0610. The minimum Gasteiger partial charge on any atom is -0.269 e. The molecule has 0 amide bonds. The van der Waals surface area contributed by atoms with Gasteiger partial charge in [-0.3, -0.25) is 5.01 Å². The second kappa shape index (κ2) is 3.91. The van der Waals surface area contributed by atoms with Crippen molar-refractivity contribution in [3.8, 4) is 6.07 Å². The molecule has 0 spiro atoms. The molecule has 0 bridgehead atoms. The van der Waals surface area contributed by atoms with Crippen molar-refractivity contribution in [2.24, 2.45) is 5.10 Å². The predicted octanol–water partition coefficient (Wildman–Crippen LogP) is 3.17. The fraction of sp³-hybridized carbons (Fsp3) is 0.500. The first-order valence-corrected chi connectivity index (χ1v) is 6.19. The summed E-state index contributed by atoms with van der Waals surface area (Å²) in [6.45, 7) is 6.28. The van der Waals surface area contributed by atoms with Gasteiger partial charge in [0, 0.05) is 17.0 Å². The summed E-state index contributed by atoms with van der Waals surface area (Å²) in [7, 11) is 0. The van der Waals surface area contributed by atoms with E-state index < -0.39 is 0 Å². The summed E-state index contributed by atoms with van der Waals surface area (Å²) in [6.07, 6.45) is 0.927. The zero-order chi connectivity index (χ0) is 11.8. The molecule has 1 aliphatic rings. The van der Waals surface area contributed by atoms with Crippen LogP contribution in [0.3, 0.4) is 0 Å². The van der Waals surface area contributed by atoms with Gasteiger partial charge in [0.15, 0.2) is 6.04 Å². The van der Waals surface area contributed by atoms with Crippen molar-refractivity contribution >= 4 is 17.0 Å². The predicted molar refractivity (Wildman–Crippen MR) is 66.3 cm³/mol. The first kappa shape index (κ1) is 11.2. The van der Waals surface area contributed by atoms with Crippen LogP contribution >= 0.6 is 11.3 Å². The zero-order valence-electron chi connectivity index (χ0n) is 9.77. The highest BCUT2D eigenvalue weighted by molar-refractivity contribution is 7.10. The summed E-state index contributed by atoms with van der Waals surface area (Å²) in [5.74, 6) is 0. The third kappa shape index (κ3) is 1.83.